The number of aliphatic hydroxyl groups is 4. The molecule has 4 rings (SSSR count). The SMILES string of the molecule is CN(C)C(N)=NC(=N)N.CO[C@H]1C(=O)[C@H](C)C[C@H](C)/C=C/C=C/C=C(\C)C(N=C(N)N=C(N)N(C)C)C[C@@H]2CC[C@@H](C)[C@@](O)(O2)C(=O)C(=O)N2CCCC[C@H]2C(=O)O[C@H]([C@H](C)C[C@@H]2CC[C@@H](O)[C@H](O)C2)CC(=O)[C@H](C)/C=C(\C)[C@H]1O. The average molecular weight is 1130 g/mol. The molecule has 1 unspecified atom stereocenters. The van der Waals surface area contributed by atoms with Crippen LogP contribution in [0, 0.1) is 40.9 Å². The first-order valence-electron chi connectivity index (χ1n) is 27.9. The zero-order valence-corrected chi connectivity index (χ0v) is 49.3. The molecule has 13 N–H and O–H groups in total. The highest BCUT2D eigenvalue weighted by molar-refractivity contribution is 6.39. The number of esters is 1. The van der Waals surface area contributed by atoms with Crippen LogP contribution in [0.15, 0.2) is 62.6 Å². The summed E-state index contributed by atoms with van der Waals surface area (Å²) < 4.78 is 18.0. The van der Waals surface area contributed by atoms with Crippen molar-refractivity contribution < 1.29 is 58.6 Å². The van der Waals surface area contributed by atoms with Crippen LogP contribution in [0.5, 0.6) is 0 Å². The standard InChI is InChI=1S/C53H84N6O12.C4H11N5/c1-30-16-12-11-13-17-31(2)39(56-51(54)57-52(55)58(8)9)28-38-21-19-36(7)53(68,71-38)48(65)49(66)59-23-15-14-18-40(59)50(67)70-44(33(4)26-37-20-22-41(60)43(62)27-37)29-42(61)32(3)25-35(6)46(64)47(69-10)45(63)34(5)24-30;1-9(2)4(7)8-3(5)6/h11-13,16-17,25,30,32-34,36-41,43-44,46-47,60,62,64,68H,14-15,18-24,26-29H2,1-10H3,(H4,54,55,56,57);1-2H3,(H5,5,6,7,8)/b13-11+,16-12+,31-17+,35-25+;/t30-,32-,33-,34-,36-,37+,38+,39?,40+,41-,43-,44+,46-,47+,53-;/m1./s1. The number of aliphatic imine (C=N–C) groups is 3. The number of nitrogens with one attached hydrogen (secondary N) is 1. The van der Waals surface area contributed by atoms with Crippen molar-refractivity contribution in [3.63, 3.8) is 0 Å². The maximum atomic E-state index is 14.4. The fourth-order valence-corrected chi connectivity index (χ4v) is 10.4. The Morgan fingerprint density at radius 2 is 1.50 bits per heavy atom. The Morgan fingerprint density at radius 1 is 0.850 bits per heavy atom. The minimum atomic E-state index is -2.54. The lowest BCUT2D eigenvalue weighted by Gasteiger charge is -2.42. The second kappa shape index (κ2) is 32.0. The summed E-state index contributed by atoms with van der Waals surface area (Å²) in [6.45, 7) is 12.4. The molecule has 450 valence electrons. The molecule has 0 aromatic rings. The smallest absolute Gasteiger partial charge is 0.329 e. The van der Waals surface area contributed by atoms with Gasteiger partial charge in [-0.25, -0.2) is 9.79 Å². The monoisotopic (exact) mass is 1130 g/mol. The van der Waals surface area contributed by atoms with Crippen molar-refractivity contribution in [3.05, 3.63) is 47.6 Å². The summed E-state index contributed by atoms with van der Waals surface area (Å²) in [5.41, 5.74) is 23.6. The summed E-state index contributed by atoms with van der Waals surface area (Å²) in [4.78, 5) is 87.7. The second-order valence-electron chi connectivity index (χ2n) is 22.8. The van der Waals surface area contributed by atoms with Crippen LogP contribution in [0.1, 0.15) is 126 Å². The molecule has 15 atom stereocenters. The van der Waals surface area contributed by atoms with E-state index < -0.39 is 95.8 Å². The van der Waals surface area contributed by atoms with Crippen molar-refractivity contribution in [1.29, 1.82) is 5.41 Å². The van der Waals surface area contributed by atoms with Crippen molar-refractivity contribution >= 4 is 53.1 Å². The molecule has 0 aromatic heterocycles. The molecule has 3 heterocycles. The lowest BCUT2D eigenvalue weighted by molar-refractivity contribution is -0.263. The molecule has 4 aliphatic rings. The number of fused-ring (bicyclic) bond motifs is 3. The van der Waals surface area contributed by atoms with Crippen molar-refractivity contribution in [1.82, 2.24) is 14.7 Å². The third-order valence-electron chi connectivity index (χ3n) is 15.6. The number of nitrogens with two attached hydrogens (primary N) is 4. The first kappa shape index (κ1) is 68.4. The summed E-state index contributed by atoms with van der Waals surface area (Å²) >= 11 is 0. The van der Waals surface area contributed by atoms with E-state index in [4.69, 9.17) is 42.6 Å². The lowest BCUT2D eigenvalue weighted by Crippen LogP contribution is -2.61. The first-order chi connectivity index (χ1) is 37.4. The third kappa shape index (κ3) is 20.3. The Bertz CT molecular complexity index is 2350. The van der Waals surface area contributed by atoms with E-state index in [1.54, 1.807) is 71.8 Å². The number of rotatable bonds is 5. The molecule has 80 heavy (non-hydrogen) atoms. The molecule has 1 amide bonds. The van der Waals surface area contributed by atoms with Gasteiger partial charge in [-0.2, -0.15) is 9.98 Å². The fraction of sp³-hybridized carbons (Fsp3) is 0.702. The maximum absolute atomic E-state index is 14.4. The Morgan fingerprint density at radius 3 is 2.10 bits per heavy atom. The third-order valence-corrected chi connectivity index (χ3v) is 15.6. The number of nitrogens with zero attached hydrogens (tertiary/aromatic N) is 6. The number of allylic oxidation sites excluding steroid dienone is 6. The summed E-state index contributed by atoms with van der Waals surface area (Å²) in [6, 6.07) is -1.87. The summed E-state index contributed by atoms with van der Waals surface area (Å²) in [7, 11) is 8.22. The van der Waals surface area contributed by atoms with Crippen LogP contribution in [0.3, 0.4) is 0 Å². The van der Waals surface area contributed by atoms with Gasteiger partial charge in [0.2, 0.25) is 17.7 Å². The Balaban J connectivity index is 0.00000171. The van der Waals surface area contributed by atoms with Gasteiger partial charge >= 0.3 is 5.97 Å². The van der Waals surface area contributed by atoms with Crippen LogP contribution in [0.2, 0.25) is 0 Å². The quantitative estimate of drug-likeness (QED) is 0.0628. The maximum Gasteiger partial charge on any atom is 0.329 e. The molecule has 1 aliphatic carbocycles. The van der Waals surface area contributed by atoms with Gasteiger partial charge in [-0.1, -0.05) is 71.1 Å². The Hall–Kier alpha value is -5.85. The lowest BCUT2D eigenvalue weighted by atomic mass is 9.78. The molecule has 23 heteroatoms. The number of hydrogen-bond donors (Lipinski definition) is 9. The molecule has 0 radical (unpaired) electrons. The van der Waals surface area contributed by atoms with E-state index in [1.165, 1.54) is 7.11 Å². The summed E-state index contributed by atoms with van der Waals surface area (Å²) in [5, 5.41) is 51.0. The van der Waals surface area contributed by atoms with Gasteiger partial charge in [0, 0.05) is 72.4 Å². The number of Topliss-reactive ketones (excluding diaryl/α,β-unsaturated/α-hetero) is 3. The number of aliphatic hydroxyl groups excluding tert-OH is 3. The molecular weight excluding hydrogens is 1030 g/mol. The van der Waals surface area contributed by atoms with Gasteiger partial charge in [0.25, 0.3) is 11.7 Å². The van der Waals surface area contributed by atoms with Crippen LogP contribution in [-0.4, -0.2) is 185 Å². The predicted molar refractivity (Wildman–Crippen MR) is 307 cm³/mol. The molecule has 1 saturated carbocycles. The molecule has 2 saturated heterocycles. The van der Waals surface area contributed by atoms with Crippen LogP contribution in [0.4, 0.5) is 0 Å². The molecule has 2 bridgehead atoms. The number of amides is 1. The van der Waals surface area contributed by atoms with Gasteiger partial charge < -0.3 is 72.3 Å². The number of carbonyl (C=O) groups is 5. The van der Waals surface area contributed by atoms with E-state index in [0.29, 0.717) is 63.4 Å². The van der Waals surface area contributed by atoms with Crippen molar-refractivity contribution in [2.45, 2.75) is 180 Å². The minimum Gasteiger partial charge on any atom is -0.460 e. The highest BCUT2D eigenvalue weighted by Gasteiger charge is 2.53. The van der Waals surface area contributed by atoms with E-state index >= 15 is 0 Å². The average Bonchev–Trinajstić information content (AvgIpc) is 3.39. The van der Waals surface area contributed by atoms with Crippen LogP contribution in [0.25, 0.3) is 0 Å². The molecule has 3 fully saturated rings. The molecule has 3 aliphatic heterocycles. The van der Waals surface area contributed by atoms with Gasteiger partial charge in [-0.05, 0) is 107 Å². The number of guanidine groups is 4. The van der Waals surface area contributed by atoms with Gasteiger partial charge in [-0.15, -0.1) is 0 Å². The zero-order chi connectivity index (χ0) is 60.3. The van der Waals surface area contributed by atoms with Gasteiger partial charge in [0.15, 0.2) is 17.7 Å². The van der Waals surface area contributed by atoms with E-state index in [0.717, 1.165) is 10.5 Å². The van der Waals surface area contributed by atoms with E-state index in [9.17, 15) is 44.4 Å². The number of methoxy groups -OCH3 is 1. The fourth-order valence-electron chi connectivity index (χ4n) is 10.4. The van der Waals surface area contributed by atoms with Crippen LogP contribution >= 0.6 is 0 Å². The van der Waals surface area contributed by atoms with Gasteiger partial charge in [0.1, 0.15) is 30.1 Å². The number of ketones is 3. The first-order valence-corrected chi connectivity index (χ1v) is 27.9. The van der Waals surface area contributed by atoms with Crippen molar-refractivity contribution in [3.8, 4) is 0 Å². The van der Waals surface area contributed by atoms with E-state index in [-0.39, 0.29) is 73.0 Å². The topological polar surface area (TPSA) is 369 Å². The minimum absolute atomic E-state index is 0.0329. The van der Waals surface area contributed by atoms with Crippen LogP contribution in [-0.2, 0) is 38.2 Å². The Labute approximate surface area is 473 Å². The van der Waals surface area contributed by atoms with Gasteiger partial charge in [-0.3, -0.25) is 24.6 Å². The number of ether oxygens (including phenoxy) is 3. The number of cyclic esters (lactones) is 1. The van der Waals surface area contributed by atoms with Crippen molar-refractivity contribution in [2.75, 3.05) is 41.8 Å². The summed E-state index contributed by atoms with van der Waals surface area (Å²) in [5.74, 6) is -8.84. The number of carbonyl (C=O) groups excluding carboxylic acids is 5. The molecule has 0 aromatic carbocycles. The highest BCUT2D eigenvalue weighted by Crippen LogP contribution is 2.38. The van der Waals surface area contributed by atoms with E-state index in [1.807, 2.05) is 51.2 Å². The summed E-state index contributed by atoms with van der Waals surface area (Å²) in [6.07, 6.45) is 8.94. The van der Waals surface area contributed by atoms with Crippen molar-refractivity contribution in [2.24, 2.45) is 73.4 Å². The Kier molecular flexibility index (Phi) is 27.3. The van der Waals surface area contributed by atoms with E-state index in [2.05, 4.69) is 15.0 Å². The number of hydrogen-bond acceptors (Lipinski definition) is 14. The molecule has 0 spiro atoms. The second-order valence-corrected chi connectivity index (χ2v) is 22.8. The molecular formula is C57H95N11O12. The zero-order valence-electron chi connectivity index (χ0n) is 49.3. The van der Waals surface area contributed by atoms with Gasteiger partial charge in [0.05, 0.1) is 24.4 Å². The normalized spacial score (nSPS) is 35.4. The largest absolute Gasteiger partial charge is 0.460 e. The predicted octanol–water partition coefficient (Wildman–Crippen LogP) is 2.83. The number of piperidine rings is 1. The highest BCUT2D eigenvalue weighted by atomic mass is 16.6. The van der Waals surface area contributed by atoms with Crippen LogP contribution < -0.4 is 22.9 Å². The molecule has 23 nitrogen and oxygen atoms in total.